The Morgan fingerprint density at radius 1 is 1.33 bits per heavy atom. The van der Waals surface area contributed by atoms with Crippen LogP contribution in [0, 0.1) is 0 Å². The lowest BCUT2D eigenvalue weighted by Crippen LogP contribution is -2.27. The molecule has 2 aromatic heterocycles. The van der Waals surface area contributed by atoms with Crippen LogP contribution in [0.5, 0.6) is 0 Å². The lowest BCUT2D eigenvalue weighted by atomic mass is 10.4. The van der Waals surface area contributed by atoms with Gasteiger partial charge in [-0.3, -0.25) is 9.29 Å². The minimum absolute atomic E-state index is 0.123. The first-order valence-electron chi connectivity index (χ1n) is 6.25. The van der Waals surface area contributed by atoms with Gasteiger partial charge in [0.15, 0.2) is 0 Å². The van der Waals surface area contributed by atoms with E-state index in [2.05, 4.69) is 31.2 Å². The van der Waals surface area contributed by atoms with E-state index in [1.807, 2.05) is 6.92 Å². The van der Waals surface area contributed by atoms with E-state index in [0.717, 1.165) is 0 Å². The predicted octanol–water partition coefficient (Wildman–Crippen LogP) is 2.50. The van der Waals surface area contributed by atoms with E-state index in [1.165, 1.54) is 17.4 Å². The number of halogens is 1. The third-order valence-electron chi connectivity index (χ3n) is 2.83. The molecule has 2 heterocycles. The molecule has 0 saturated heterocycles. The Hall–Kier alpha value is -1.67. The fourth-order valence-electron chi connectivity index (χ4n) is 1.76. The molecule has 0 spiro atoms. The second-order valence-electron chi connectivity index (χ2n) is 4.21. The highest BCUT2D eigenvalue weighted by molar-refractivity contribution is 9.10. The van der Waals surface area contributed by atoms with Crippen molar-refractivity contribution in [3.05, 3.63) is 41.3 Å². The number of rotatable bonds is 5. The summed E-state index contributed by atoms with van der Waals surface area (Å²) in [6, 6.07) is 4.81. The minimum atomic E-state index is -3.72. The molecule has 0 aliphatic heterocycles. The van der Waals surface area contributed by atoms with Crippen molar-refractivity contribution in [3.63, 3.8) is 0 Å². The van der Waals surface area contributed by atoms with Crippen molar-refractivity contribution in [1.29, 1.82) is 0 Å². The van der Waals surface area contributed by atoms with Crippen LogP contribution < -0.4 is 9.62 Å². The number of nitrogens with zero attached hydrogens (tertiary/aromatic N) is 3. The van der Waals surface area contributed by atoms with E-state index in [1.54, 1.807) is 30.7 Å². The van der Waals surface area contributed by atoms with Crippen LogP contribution in [0.1, 0.15) is 6.92 Å². The van der Waals surface area contributed by atoms with Crippen LogP contribution in [0.2, 0.25) is 0 Å². The number of hydrogen-bond donors (Lipinski definition) is 1. The van der Waals surface area contributed by atoms with Crippen molar-refractivity contribution < 1.29 is 8.42 Å². The lowest BCUT2D eigenvalue weighted by molar-refractivity contribution is 0.594. The molecule has 0 atom stereocenters. The number of aromatic nitrogens is 2. The Kier molecular flexibility index (Phi) is 4.79. The van der Waals surface area contributed by atoms with E-state index in [4.69, 9.17) is 0 Å². The van der Waals surface area contributed by atoms with Gasteiger partial charge in [-0.15, -0.1) is 0 Å². The summed E-state index contributed by atoms with van der Waals surface area (Å²) in [6.45, 7) is 2.46. The van der Waals surface area contributed by atoms with Gasteiger partial charge in [-0.05, 0) is 41.1 Å². The van der Waals surface area contributed by atoms with Crippen molar-refractivity contribution >= 4 is 37.5 Å². The third kappa shape index (κ3) is 3.33. The van der Waals surface area contributed by atoms with Gasteiger partial charge in [0.1, 0.15) is 10.7 Å². The molecule has 0 radical (unpaired) electrons. The Morgan fingerprint density at radius 2 is 2.00 bits per heavy atom. The Morgan fingerprint density at radius 3 is 2.62 bits per heavy atom. The van der Waals surface area contributed by atoms with Crippen LogP contribution in [0.25, 0.3) is 0 Å². The Bertz CT molecular complexity index is 722. The highest BCUT2D eigenvalue weighted by atomic mass is 79.9. The molecule has 0 fully saturated rings. The van der Waals surface area contributed by atoms with Gasteiger partial charge in [0, 0.05) is 36.7 Å². The smallest absolute Gasteiger partial charge is 0.267 e. The molecule has 2 rings (SSSR count). The highest BCUT2D eigenvalue weighted by Crippen LogP contribution is 2.28. The van der Waals surface area contributed by atoms with E-state index in [-0.39, 0.29) is 4.90 Å². The first-order valence-corrected chi connectivity index (χ1v) is 8.48. The fourth-order valence-corrected chi connectivity index (χ4v) is 3.58. The second kappa shape index (κ2) is 6.40. The lowest BCUT2D eigenvalue weighted by Gasteiger charge is -2.21. The monoisotopic (exact) mass is 370 g/mol. The van der Waals surface area contributed by atoms with Crippen molar-refractivity contribution in [3.8, 4) is 0 Å². The maximum absolute atomic E-state index is 12.8. The van der Waals surface area contributed by atoms with Crippen LogP contribution in [-0.2, 0) is 10.0 Å². The second-order valence-corrected chi connectivity index (χ2v) is 7.06. The van der Waals surface area contributed by atoms with Crippen LogP contribution in [0.3, 0.4) is 0 Å². The minimum Gasteiger partial charge on any atom is -0.369 e. The zero-order chi connectivity index (χ0) is 15.5. The molecule has 2 aromatic rings. The number of nitrogens with one attached hydrogen (secondary N) is 1. The third-order valence-corrected chi connectivity index (χ3v) is 5.06. The average Bonchev–Trinajstić information content (AvgIpc) is 2.49. The Labute approximate surface area is 132 Å². The summed E-state index contributed by atoms with van der Waals surface area (Å²) in [7, 11) is -2.22. The van der Waals surface area contributed by atoms with Gasteiger partial charge in [0.2, 0.25) is 0 Å². The molecule has 0 amide bonds. The summed E-state index contributed by atoms with van der Waals surface area (Å²) in [6.07, 6.45) is 4.65. The van der Waals surface area contributed by atoms with Crippen LogP contribution in [-0.4, -0.2) is 32.0 Å². The molecule has 6 nitrogen and oxygen atoms in total. The van der Waals surface area contributed by atoms with Gasteiger partial charge >= 0.3 is 0 Å². The number of hydrogen-bond acceptors (Lipinski definition) is 5. The zero-order valence-corrected chi connectivity index (χ0v) is 14.0. The van der Waals surface area contributed by atoms with Crippen molar-refractivity contribution in [2.75, 3.05) is 23.2 Å². The molecule has 1 N–H and O–H groups in total. The van der Waals surface area contributed by atoms with Crippen molar-refractivity contribution in [1.82, 2.24) is 9.97 Å². The van der Waals surface area contributed by atoms with Gasteiger partial charge < -0.3 is 5.32 Å². The fraction of sp³-hybridized carbons (Fsp3) is 0.231. The molecule has 21 heavy (non-hydrogen) atoms. The Balaban J connectivity index is 2.51. The summed E-state index contributed by atoms with van der Waals surface area (Å²) < 4.78 is 27.4. The van der Waals surface area contributed by atoms with E-state index in [9.17, 15) is 8.42 Å². The molecule has 0 aromatic carbocycles. The SMILES string of the molecule is CCNc1ncc(Br)cc1S(=O)(=O)N(C)c1ccncc1. The first-order chi connectivity index (χ1) is 9.96. The van der Waals surface area contributed by atoms with Gasteiger partial charge in [0.25, 0.3) is 10.0 Å². The normalized spacial score (nSPS) is 11.2. The molecule has 8 heteroatoms. The molecule has 112 valence electrons. The summed E-state index contributed by atoms with van der Waals surface area (Å²) >= 11 is 3.26. The average molecular weight is 371 g/mol. The molecule has 0 bridgehead atoms. The van der Waals surface area contributed by atoms with E-state index in [0.29, 0.717) is 22.5 Å². The molecular weight excluding hydrogens is 356 g/mol. The van der Waals surface area contributed by atoms with Crippen molar-refractivity contribution in [2.24, 2.45) is 0 Å². The molecule has 0 unspecified atom stereocenters. The zero-order valence-electron chi connectivity index (χ0n) is 11.6. The first kappa shape index (κ1) is 15.7. The topological polar surface area (TPSA) is 75.2 Å². The number of pyridine rings is 2. The summed E-state index contributed by atoms with van der Waals surface area (Å²) in [5.41, 5.74) is 0.535. The van der Waals surface area contributed by atoms with Gasteiger partial charge in [-0.1, -0.05) is 0 Å². The quantitative estimate of drug-likeness (QED) is 0.874. The molecule has 0 aliphatic rings. The summed E-state index contributed by atoms with van der Waals surface area (Å²) in [5, 5.41) is 2.97. The van der Waals surface area contributed by atoms with Crippen molar-refractivity contribution in [2.45, 2.75) is 11.8 Å². The van der Waals surface area contributed by atoms with Gasteiger partial charge in [0.05, 0.1) is 5.69 Å². The van der Waals surface area contributed by atoms with Crippen LogP contribution in [0.15, 0.2) is 46.2 Å². The standard InChI is InChI=1S/C13H15BrN4O2S/c1-3-16-13-12(8-10(14)9-17-13)21(19,20)18(2)11-4-6-15-7-5-11/h4-9H,3H2,1-2H3,(H,16,17). The number of anilines is 2. The van der Waals surface area contributed by atoms with E-state index >= 15 is 0 Å². The van der Waals surface area contributed by atoms with Gasteiger partial charge in [-0.2, -0.15) is 0 Å². The summed E-state index contributed by atoms with van der Waals surface area (Å²) in [5.74, 6) is 0.335. The molecule has 0 aliphatic carbocycles. The van der Waals surface area contributed by atoms with Crippen LogP contribution >= 0.6 is 15.9 Å². The maximum atomic E-state index is 12.8. The number of sulfonamides is 1. The largest absolute Gasteiger partial charge is 0.369 e. The maximum Gasteiger partial charge on any atom is 0.267 e. The highest BCUT2D eigenvalue weighted by Gasteiger charge is 2.25. The van der Waals surface area contributed by atoms with Crippen LogP contribution in [0.4, 0.5) is 11.5 Å². The predicted molar refractivity (Wildman–Crippen MR) is 85.9 cm³/mol. The summed E-state index contributed by atoms with van der Waals surface area (Å²) in [4.78, 5) is 8.15. The van der Waals surface area contributed by atoms with Gasteiger partial charge in [-0.25, -0.2) is 13.4 Å². The molecule has 0 saturated carbocycles. The molecular formula is C13H15BrN4O2S. The van der Waals surface area contributed by atoms with E-state index < -0.39 is 10.0 Å².